The normalized spacial score (nSPS) is 8.38. The summed E-state index contributed by atoms with van der Waals surface area (Å²) in [6, 6.07) is -0.271. The van der Waals surface area contributed by atoms with Crippen LogP contribution in [0, 0.1) is 0 Å². The third-order valence-corrected chi connectivity index (χ3v) is 0.585. The van der Waals surface area contributed by atoms with Gasteiger partial charge in [0.05, 0.1) is 0 Å². The SMILES string of the molecule is CN(C)C(=O)NNN. The summed E-state index contributed by atoms with van der Waals surface area (Å²) in [4.78, 5) is 11.8. The van der Waals surface area contributed by atoms with E-state index >= 15 is 0 Å². The van der Waals surface area contributed by atoms with Crippen molar-refractivity contribution in [2.24, 2.45) is 5.84 Å². The highest BCUT2D eigenvalue weighted by Gasteiger charge is 1.97. The van der Waals surface area contributed by atoms with E-state index in [-0.39, 0.29) is 6.03 Å². The first-order chi connectivity index (χ1) is 3.68. The Morgan fingerprint density at radius 1 is 1.62 bits per heavy atom. The lowest BCUT2D eigenvalue weighted by Crippen LogP contribution is -2.46. The van der Waals surface area contributed by atoms with Gasteiger partial charge in [-0.05, 0) is 0 Å². The summed E-state index contributed by atoms with van der Waals surface area (Å²) < 4.78 is 0. The molecule has 0 radical (unpaired) electrons. The summed E-state index contributed by atoms with van der Waals surface area (Å²) in [5.41, 5.74) is 4.17. The van der Waals surface area contributed by atoms with E-state index in [1.54, 1.807) is 14.1 Å². The van der Waals surface area contributed by atoms with Crippen molar-refractivity contribution in [2.45, 2.75) is 0 Å². The summed E-state index contributed by atoms with van der Waals surface area (Å²) in [5.74, 6) is 4.76. The summed E-state index contributed by atoms with van der Waals surface area (Å²) >= 11 is 0. The maximum Gasteiger partial charge on any atom is 0.332 e. The molecule has 0 aliphatic rings. The Labute approximate surface area is 47.8 Å². The van der Waals surface area contributed by atoms with Gasteiger partial charge in [-0.15, -0.1) is 0 Å². The van der Waals surface area contributed by atoms with Crippen LogP contribution in [-0.4, -0.2) is 25.0 Å². The van der Waals surface area contributed by atoms with Crippen LogP contribution in [0.3, 0.4) is 0 Å². The Hall–Kier alpha value is -0.810. The Balaban J connectivity index is 3.33. The zero-order valence-electron chi connectivity index (χ0n) is 4.93. The summed E-state index contributed by atoms with van der Waals surface area (Å²) in [6.45, 7) is 0. The Bertz CT molecular complexity index is 81.4. The molecule has 0 aliphatic heterocycles. The van der Waals surface area contributed by atoms with Crippen molar-refractivity contribution in [1.82, 2.24) is 15.9 Å². The average molecular weight is 118 g/mol. The number of nitrogens with one attached hydrogen (secondary N) is 2. The number of hydrazine groups is 2. The minimum atomic E-state index is -0.271. The van der Waals surface area contributed by atoms with Crippen molar-refractivity contribution in [1.29, 1.82) is 0 Å². The van der Waals surface area contributed by atoms with E-state index in [2.05, 4.69) is 5.43 Å². The molecule has 0 saturated heterocycles. The zero-order chi connectivity index (χ0) is 6.57. The monoisotopic (exact) mass is 118 g/mol. The van der Waals surface area contributed by atoms with Crippen LogP contribution in [0.25, 0.3) is 0 Å². The molecule has 0 bridgehead atoms. The Morgan fingerprint density at radius 2 is 2.12 bits per heavy atom. The van der Waals surface area contributed by atoms with Crippen LogP contribution in [0.15, 0.2) is 0 Å². The van der Waals surface area contributed by atoms with E-state index in [0.717, 1.165) is 0 Å². The van der Waals surface area contributed by atoms with Gasteiger partial charge in [-0.2, -0.15) is 5.53 Å². The van der Waals surface area contributed by atoms with Crippen molar-refractivity contribution in [3.63, 3.8) is 0 Å². The Morgan fingerprint density at radius 3 is 2.25 bits per heavy atom. The van der Waals surface area contributed by atoms with Gasteiger partial charge < -0.3 is 4.90 Å². The fourth-order valence-corrected chi connectivity index (χ4v) is 0.174. The van der Waals surface area contributed by atoms with Crippen LogP contribution in [0.5, 0.6) is 0 Å². The van der Waals surface area contributed by atoms with Crippen LogP contribution in [0.1, 0.15) is 0 Å². The molecule has 5 heteroatoms. The van der Waals surface area contributed by atoms with Crippen molar-refractivity contribution in [2.75, 3.05) is 14.1 Å². The highest BCUT2D eigenvalue weighted by molar-refractivity contribution is 5.72. The fourth-order valence-electron chi connectivity index (χ4n) is 0.174. The van der Waals surface area contributed by atoms with E-state index in [4.69, 9.17) is 5.84 Å². The first-order valence-corrected chi connectivity index (χ1v) is 2.11. The predicted molar refractivity (Wildman–Crippen MR) is 29.5 cm³/mol. The number of nitrogens with zero attached hydrogens (tertiary/aromatic N) is 1. The number of hydrogen-bond donors (Lipinski definition) is 3. The van der Waals surface area contributed by atoms with Gasteiger partial charge in [-0.1, -0.05) is 0 Å². The van der Waals surface area contributed by atoms with Gasteiger partial charge in [-0.3, -0.25) is 11.3 Å². The van der Waals surface area contributed by atoms with Gasteiger partial charge in [0.15, 0.2) is 0 Å². The molecule has 0 aromatic rings. The molecule has 8 heavy (non-hydrogen) atoms. The molecule has 48 valence electrons. The van der Waals surface area contributed by atoms with E-state index in [9.17, 15) is 4.79 Å². The van der Waals surface area contributed by atoms with Gasteiger partial charge in [-0.25, -0.2) is 4.79 Å². The maximum absolute atomic E-state index is 10.4. The highest BCUT2D eigenvalue weighted by Crippen LogP contribution is 1.70. The molecular weight excluding hydrogens is 108 g/mol. The molecule has 4 N–H and O–H groups in total. The highest BCUT2D eigenvalue weighted by atomic mass is 16.2. The van der Waals surface area contributed by atoms with E-state index in [0.29, 0.717) is 0 Å². The van der Waals surface area contributed by atoms with Crippen LogP contribution in [0.4, 0.5) is 4.79 Å². The second-order valence-corrected chi connectivity index (χ2v) is 1.47. The lowest BCUT2D eigenvalue weighted by molar-refractivity contribution is 0.212. The molecule has 0 fully saturated rings. The number of urea groups is 1. The summed E-state index contributed by atoms with van der Waals surface area (Å²) in [6.07, 6.45) is 0. The van der Waals surface area contributed by atoms with Gasteiger partial charge >= 0.3 is 6.03 Å². The number of nitrogens with two attached hydrogens (primary N) is 1. The Kier molecular flexibility index (Phi) is 2.90. The summed E-state index contributed by atoms with van der Waals surface area (Å²) in [7, 11) is 3.24. The maximum atomic E-state index is 10.4. The topological polar surface area (TPSA) is 70.4 Å². The van der Waals surface area contributed by atoms with E-state index in [1.165, 1.54) is 4.90 Å². The standard InChI is InChI=1S/C3H10N4O/c1-7(2)3(8)5-6-4/h6H,4H2,1-2H3,(H,5,8). The van der Waals surface area contributed by atoms with E-state index < -0.39 is 0 Å². The molecule has 0 rings (SSSR count). The quantitative estimate of drug-likeness (QED) is 0.294. The van der Waals surface area contributed by atoms with Crippen LogP contribution < -0.4 is 16.8 Å². The molecule has 0 aromatic heterocycles. The second kappa shape index (κ2) is 3.23. The van der Waals surface area contributed by atoms with Crippen molar-refractivity contribution >= 4 is 6.03 Å². The lowest BCUT2D eigenvalue weighted by atomic mass is 10.9. The fraction of sp³-hybridized carbons (Fsp3) is 0.667. The molecule has 0 heterocycles. The molecular formula is C3H10N4O. The number of hydrogen-bond acceptors (Lipinski definition) is 3. The second-order valence-electron chi connectivity index (χ2n) is 1.47. The van der Waals surface area contributed by atoms with Crippen LogP contribution in [0.2, 0.25) is 0 Å². The van der Waals surface area contributed by atoms with Crippen molar-refractivity contribution < 1.29 is 4.79 Å². The molecule has 0 atom stereocenters. The molecule has 5 nitrogen and oxygen atoms in total. The van der Waals surface area contributed by atoms with Gasteiger partial charge in [0.25, 0.3) is 0 Å². The van der Waals surface area contributed by atoms with Crippen molar-refractivity contribution in [3.05, 3.63) is 0 Å². The number of amides is 2. The number of carbonyl (C=O) groups excluding carboxylic acids is 1. The molecule has 2 amide bonds. The molecule has 0 unspecified atom stereocenters. The average Bonchev–Trinajstić information content (AvgIpc) is 1.67. The third-order valence-electron chi connectivity index (χ3n) is 0.585. The molecule has 0 saturated carbocycles. The van der Waals surface area contributed by atoms with Crippen LogP contribution in [-0.2, 0) is 0 Å². The van der Waals surface area contributed by atoms with Crippen LogP contribution >= 0.6 is 0 Å². The summed E-state index contributed by atoms with van der Waals surface area (Å²) in [5, 5.41) is 0. The first kappa shape index (κ1) is 7.19. The van der Waals surface area contributed by atoms with E-state index in [1.807, 2.05) is 5.53 Å². The minimum Gasteiger partial charge on any atom is -0.330 e. The van der Waals surface area contributed by atoms with Gasteiger partial charge in [0.1, 0.15) is 0 Å². The molecule has 0 spiro atoms. The molecule has 0 aromatic carbocycles. The third kappa shape index (κ3) is 2.38. The minimum absolute atomic E-state index is 0.271. The largest absolute Gasteiger partial charge is 0.332 e. The molecule has 0 aliphatic carbocycles. The number of carbonyl (C=O) groups is 1. The predicted octanol–water partition coefficient (Wildman–Crippen LogP) is -1.36. The van der Waals surface area contributed by atoms with Gasteiger partial charge in [0, 0.05) is 14.1 Å². The van der Waals surface area contributed by atoms with Crippen molar-refractivity contribution in [3.8, 4) is 0 Å². The smallest absolute Gasteiger partial charge is 0.330 e. The first-order valence-electron chi connectivity index (χ1n) is 2.11. The van der Waals surface area contributed by atoms with Gasteiger partial charge in [0.2, 0.25) is 0 Å². The lowest BCUT2D eigenvalue weighted by Gasteiger charge is -2.09. The zero-order valence-corrected chi connectivity index (χ0v) is 4.93. The number of rotatable bonds is 1.